The zero-order chi connectivity index (χ0) is 8.10. The van der Waals surface area contributed by atoms with Crippen LogP contribution in [0.1, 0.15) is 0 Å². The first-order chi connectivity index (χ1) is 5.34. The van der Waals surface area contributed by atoms with Crippen molar-refractivity contribution in [2.45, 2.75) is 0 Å². The van der Waals surface area contributed by atoms with Gasteiger partial charge in [0, 0.05) is 30.7 Å². The molecule has 0 aliphatic carbocycles. The molecule has 0 atom stereocenters. The monoisotopic (exact) mass is 188 g/mol. The molecule has 1 aromatic heterocycles. The fraction of sp³-hybridized carbons (Fsp3) is 0.286. The summed E-state index contributed by atoms with van der Waals surface area (Å²) in [6.07, 6.45) is 3.67. The van der Waals surface area contributed by atoms with E-state index < -0.39 is 0 Å². The summed E-state index contributed by atoms with van der Waals surface area (Å²) in [5.74, 6) is 0. The van der Waals surface area contributed by atoms with Crippen LogP contribution < -0.4 is 4.90 Å². The molecule has 2 nitrogen and oxygen atoms in total. The van der Waals surface area contributed by atoms with Gasteiger partial charge in [-0.1, -0.05) is 17.7 Å². The first-order valence-corrected chi connectivity index (χ1v) is 4.52. The molecule has 0 aliphatic rings. The number of nitrogens with zero attached hydrogens (tertiary/aromatic N) is 2. The molecule has 0 spiro atoms. The van der Waals surface area contributed by atoms with E-state index in [4.69, 9.17) is 11.6 Å². The van der Waals surface area contributed by atoms with Gasteiger partial charge in [0.1, 0.15) is 0 Å². The van der Waals surface area contributed by atoms with Crippen molar-refractivity contribution in [2.24, 2.45) is 0 Å². The first-order valence-electron chi connectivity index (χ1n) is 3.20. The van der Waals surface area contributed by atoms with Gasteiger partial charge < -0.3 is 4.90 Å². The summed E-state index contributed by atoms with van der Waals surface area (Å²) in [4.78, 5) is 6.17. The van der Waals surface area contributed by atoms with Crippen LogP contribution >= 0.6 is 22.9 Å². The van der Waals surface area contributed by atoms with Crippen LogP contribution in [-0.4, -0.2) is 18.6 Å². The average Bonchev–Trinajstić information content (AvgIpc) is 2.52. The lowest BCUT2D eigenvalue weighted by atomic mass is 10.6. The van der Waals surface area contributed by atoms with Gasteiger partial charge in [0.05, 0.1) is 0 Å². The molecule has 0 unspecified atom stereocenters. The second-order valence-electron chi connectivity index (χ2n) is 2.06. The van der Waals surface area contributed by atoms with Gasteiger partial charge in [0.2, 0.25) is 0 Å². The number of thiazole rings is 1. The van der Waals surface area contributed by atoms with Crippen LogP contribution in [-0.2, 0) is 0 Å². The van der Waals surface area contributed by atoms with Crippen molar-refractivity contribution < 1.29 is 0 Å². The van der Waals surface area contributed by atoms with E-state index in [-0.39, 0.29) is 0 Å². The number of aromatic nitrogens is 1. The van der Waals surface area contributed by atoms with E-state index in [2.05, 4.69) is 4.98 Å². The third-order valence-electron chi connectivity index (χ3n) is 1.21. The van der Waals surface area contributed by atoms with E-state index >= 15 is 0 Å². The van der Waals surface area contributed by atoms with E-state index in [0.29, 0.717) is 0 Å². The molecule has 1 aromatic rings. The summed E-state index contributed by atoms with van der Waals surface area (Å²) in [5.41, 5.74) is 1.52. The number of likely N-dealkylation sites (N-methyl/N-ethyl adjacent to an activating group) is 1. The molecule has 0 bridgehead atoms. The fourth-order valence-electron chi connectivity index (χ4n) is 0.680. The maximum absolute atomic E-state index is 5.38. The molecule has 0 amide bonds. The Morgan fingerprint density at radius 2 is 2.64 bits per heavy atom. The van der Waals surface area contributed by atoms with Crippen LogP contribution in [0.5, 0.6) is 0 Å². The van der Waals surface area contributed by atoms with Gasteiger partial charge in [0.25, 0.3) is 0 Å². The normalized spacial score (nSPS) is 10.7. The summed E-state index contributed by atoms with van der Waals surface area (Å²) in [7, 11) is 1.98. The smallest absolute Gasteiger partial charge is 0.185 e. The van der Waals surface area contributed by atoms with E-state index in [1.807, 2.05) is 23.4 Å². The molecular weight excluding hydrogens is 180 g/mol. The first kappa shape index (κ1) is 8.56. The van der Waals surface area contributed by atoms with Crippen LogP contribution in [0.25, 0.3) is 0 Å². The molecule has 1 rings (SSSR count). The van der Waals surface area contributed by atoms with Crippen LogP contribution in [0.15, 0.2) is 23.2 Å². The minimum atomic E-state index is 0.803. The van der Waals surface area contributed by atoms with Crippen molar-refractivity contribution in [1.29, 1.82) is 0 Å². The number of anilines is 1. The Bertz CT molecular complexity index is 220. The second kappa shape index (κ2) is 4.36. The molecule has 1 heterocycles. The highest BCUT2D eigenvalue weighted by Crippen LogP contribution is 2.14. The molecule has 0 saturated heterocycles. The number of rotatable bonds is 3. The average molecular weight is 189 g/mol. The lowest BCUT2D eigenvalue weighted by molar-refractivity contribution is 1.02. The van der Waals surface area contributed by atoms with E-state index in [1.54, 1.807) is 17.5 Å². The molecule has 0 radical (unpaired) electrons. The Balaban J connectivity index is 2.49. The molecule has 0 aromatic carbocycles. The summed E-state index contributed by atoms with van der Waals surface area (Å²) in [6, 6.07) is 0. The third kappa shape index (κ3) is 2.52. The Morgan fingerprint density at radius 1 is 1.82 bits per heavy atom. The maximum atomic E-state index is 5.38. The van der Waals surface area contributed by atoms with Gasteiger partial charge >= 0.3 is 0 Å². The second-order valence-corrected chi connectivity index (χ2v) is 3.18. The lowest BCUT2D eigenvalue weighted by Gasteiger charge is -2.11. The molecule has 0 fully saturated rings. The third-order valence-corrected chi connectivity index (χ3v) is 2.28. The van der Waals surface area contributed by atoms with Crippen LogP contribution in [0.3, 0.4) is 0 Å². The summed E-state index contributed by atoms with van der Waals surface area (Å²) >= 11 is 7.00. The lowest BCUT2D eigenvalue weighted by Crippen LogP contribution is -2.15. The molecule has 0 N–H and O–H groups in total. The quantitative estimate of drug-likeness (QED) is 0.724. The van der Waals surface area contributed by atoms with Gasteiger partial charge in [0.15, 0.2) is 5.13 Å². The van der Waals surface area contributed by atoms with Crippen molar-refractivity contribution in [2.75, 3.05) is 18.5 Å². The topological polar surface area (TPSA) is 16.1 Å². The Labute approximate surface area is 75.1 Å². The summed E-state index contributed by atoms with van der Waals surface area (Å²) in [5, 5.41) is 2.97. The number of halogens is 1. The SMILES string of the molecule is CN(C/C=C/Cl)c1nccs1. The van der Waals surface area contributed by atoms with Crippen molar-refractivity contribution in [3.63, 3.8) is 0 Å². The predicted octanol–water partition coefficient (Wildman–Crippen LogP) is 2.33. The van der Waals surface area contributed by atoms with Crippen LogP contribution in [0.2, 0.25) is 0 Å². The molecular formula is C7H9ClN2S. The molecule has 11 heavy (non-hydrogen) atoms. The Hall–Kier alpha value is -0.540. The van der Waals surface area contributed by atoms with Gasteiger partial charge in [-0.15, -0.1) is 11.3 Å². The van der Waals surface area contributed by atoms with Gasteiger partial charge in [-0.2, -0.15) is 0 Å². The number of hydrogen-bond donors (Lipinski definition) is 0. The van der Waals surface area contributed by atoms with Crippen LogP contribution in [0, 0.1) is 0 Å². The van der Waals surface area contributed by atoms with E-state index in [1.165, 1.54) is 5.54 Å². The van der Waals surface area contributed by atoms with Gasteiger partial charge in [-0.05, 0) is 0 Å². The summed E-state index contributed by atoms with van der Waals surface area (Å²) in [6.45, 7) is 0.803. The van der Waals surface area contributed by atoms with Gasteiger partial charge in [-0.3, -0.25) is 0 Å². The zero-order valence-corrected chi connectivity index (χ0v) is 7.77. The van der Waals surface area contributed by atoms with E-state index in [0.717, 1.165) is 11.7 Å². The maximum Gasteiger partial charge on any atom is 0.185 e. The van der Waals surface area contributed by atoms with Crippen molar-refractivity contribution in [3.05, 3.63) is 23.2 Å². The molecule has 0 aliphatic heterocycles. The largest absolute Gasteiger partial charge is 0.347 e. The Morgan fingerprint density at radius 3 is 3.18 bits per heavy atom. The predicted molar refractivity (Wildman–Crippen MR) is 50.4 cm³/mol. The molecule has 0 saturated carbocycles. The standard InChI is InChI=1S/C7H9ClN2S/c1-10(5-2-3-8)7-9-4-6-11-7/h2-4,6H,5H2,1H3/b3-2+. The Kier molecular flexibility index (Phi) is 3.39. The highest BCUT2D eigenvalue weighted by atomic mass is 35.5. The van der Waals surface area contributed by atoms with Crippen molar-refractivity contribution in [3.8, 4) is 0 Å². The highest BCUT2D eigenvalue weighted by molar-refractivity contribution is 7.13. The minimum absolute atomic E-state index is 0.803. The molecule has 60 valence electrons. The van der Waals surface area contributed by atoms with Crippen molar-refractivity contribution in [1.82, 2.24) is 4.98 Å². The summed E-state index contributed by atoms with van der Waals surface area (Å²) < 4.78 is 0. The number of hydrogen-bond acceptors (Lipinski definition) is 3. The highest BCUT2D eigenvalue weighted by Gasteiger charge is 1.98. The minimum Gasteiger partial charge on any atom is -0.347 e. The van der Waals surface area contributed by atoms with Crippen molar-refractivity contribution >= 4 is 28.1 Å². The van der Waals surface area contributed by atoms with E-state index in [9.17, 15) is 0 Å². The fourth-order valence-corrected chi connectivity index (χ4v) is 1.38. The zero-order valence-electron chi connectivity index (χ0n) is 6.20. The van der Waals surface area contributed by atoms with Gasteiger partial charge in [-0.25, -0.2) is 4.98 Å². The molecule has 4 heteroatoms. The van der Waals surface area contributed by atoms with Crippen LogP contribution in [0.4, 0.5) is 5.13 Å².